The van der Waals surface area contributed by atoms with Gasteiger partial charge in [-0.25, -0.2) is 0 Å². The molecule has 0 fully saturated rings. The van der Waals surface area contributed by atoms with Crippen LogP contribution < -0.4 is 14.2 Å². The van der Waals surface area contributed by atoms with Crippen molar-refractivity contribution in [3.8, 4) is 23.3 Å². The average molecular weight is 327 g/mol. The van der Waals surface area contributed by atoms with E-state index >= 15 is 0 Å². The van der Waals surface area contributed by atoms with Gasteiger partial charge in [0, 0.05) is 0 Å². The summed E-state index contributed by atoms with van der Waals surface area (Å²) in [7, 11) is 4.49. The summed E-state index contributed by atoms with van der Waals surface area (Å²) < 4.78 is 20.9. The van der Waals surface area contributed by atoms with Crippen LogP contribution in [0.15, 0.2) is 34.5 Å². The number of rotatable bonds is 6. The number of ketones is 1. The summed E-state index contributed by atoms with van der Waals surface area (Å²) in [6, 6.07) is 6.79. The molecule has 24 heavy (non-hydrogen) atoms. The van der Waals surface area contributed by atoms with E-state index in [1.54, 1.807) is 19.1 Å². The number of aryl methyl sites for hydroxylation is 1. The fourth-order valence-electron chi connectivity index (χ4n) is 2.27. The number of methoxy groups -OCH3 is 3. The van der Waals surface area contributed by atoms with E-state index in [1.807, 2.05) is 6.07 Å². The second-order valence-corrected chi connectivity index (χ2v) is 4.85. The minimum absolute atomic E-state index is 0.0197. The van der Waals surface area contributed by atoms with E-state index in [-0.39, 0.29) is 5.57 Å². The number of ether oxygens (including phenoxy) is 3. The number of nitriles is 1. The molecule has 0 amide bonds. The lowest BCUT2D eigenvalue weighted by Gasteiger charge is -2.13. The quantitative estimate of drug-likeness (QED) is 0.459. The summed E-state index contributed by atoms with van der Waals surface area (Å²) >= 11 is 0. The highest BCUT2D eigenvalue weighted by atomic mass is 16.5. The van der Waals surface area contributed by atoms with Crippen LogP contribution in [0.4, 0.5) is 0 Å². The number of benzene rings is 1. The number of nitrogens with zero attached hydrogens (tertiary/aromatic N) is 1. The Morgan fingerprint density at radius 2 is 1.79 bits per heavy atom. The van der Waals surface area contributed by atoms with Crippen molar-refractivity contribution in [2.45, 2.75) is 6.92 Å². The van der Waals surface area contributed by atoms with Crippen LogP contribution in [0.25, 0.3) is 6.08 Å². The van der Waals surface area contributed by atoms with Gasteiger partial charge in [-0.1, -0.05) is 0 Å². The molecule has 0 saturated carbocycles. The van der Waals surface area contributed by atoms with Gasteiger partial charge >= 0.3 is 0 Å². The van der Waals surface area contributed by atoms with Crippen molar-refractivity contribution in [3.05, 3.63) is 46.9 Å². The third kappa shape index (κ3) is 3.25. The average Bonchev–Trinajstić information content (AvgIpc) is 3.03. The van der Waals surface area contributed by atoms with Gasteiger partial charge in [-0.05, 0) is 36.8 Å². The Kier molecular flexibility index (Phi) is 5.27. The van der Waals surface area contributed by atoms with Crippen molar-refractivity contribution in [2.24, 2.45) is 0 Å². The maximum absolute atomic E-state index is 12.5. The van der Waals surface area contributed by atoms with Crippen LogP contribution in [-0.2, 0) is 0 Å². The van der Waals surface area contributed by atoms with Crippen LogP contribution in [0.3, 0.4) is 0 Å². The molecular formula is C18H17NO5. The molecule has 0 aliphatic carbocycles. The summed E-state index contributed by atoms with van der Waals surface area (Å²) in [5.41, 5.74) is 0.916. The Bertz CT molecular complexity index is 801. The molecule has 1 aromatic carbocycles. The Balaban J connectivity index is 2.50. The molecule has 0 atom stereocenters. The van der Waals surface area contributed by atoms with E-state index in [9.17, 15) is 10.1 Å². The topological polar surface area (TPSA) is 81.7 Å². The Morgan fingerprint density at radius 3 is 2.21 bits per heavy atom. The maximum atomic E-state index is 12.5. The number of Topliss-reactive ketones (excluding diaryl/α,β-unsaturated/α-hetero) is 1. The van der Waals surface area contributed by atoms with Crippen molar-refractivity contribution in [1.82, 2.24) is 0 Å². The lowest BCUT2D eigenvalue weighted by molar-refractivity contribution is 0.103. The van der Waals surface area contributed by atoms with E-state index in [4.69, 9.17) is 18.6 Å². The molecule has 2 aromatic rings. The molecule has 0 bridgehead atoms. The first kappa shape index (κ1) is 17.2. The minimum atomic E-state index is -0.405. The molecule has 6 nitrogen and oxygen atoms in total. The van der Waals surface area contributed by atoms with Crippen molar-refractivity contribution in [3.63, 3.8) is 0 Å². The first-order chi connectivity index (χ1) is 11.5. The van der Waals surface area contributed by atoms with Crippen LogP contribution in [0.1, 0.15) is 21.7 Å². The molecule has 0 unspecified atom stereocenters. The molecule has 1 aromatic heterocycles. The number of hydrogen-bond donors (Lipinski definition) is 0. The zero-order valence-corrected chi connectivity index (χ0v) is 13.9. The van der Waals surface area contributed by atoms with Crippen LogP contribution in [0, 0.1) is 18.3 Å². The van der Waals surface area contributed by atoms with Crippen LogP contribution in [0.5, 0.6) is 17.2 Å². The highest BCUT2D eigenvalue weighted by molar-refractivity contribution is 6.14. The molecule has 0 aliphatic rings. The van der Waals surface area contributed by atoms with Gasteiger partial charge in [-0.15, -0.1) is 0 Å². The van der Waals surface area contributed by atoms with Crippen LogP contribution >= 0.6 is 0 Å². The highest BCUT2D eigenvalue weighted by Crippen LogP contribution is 2.38. The number of allylic oxidation sites excluding steroid dienone is 1. The van der Waals surface area contributed by atoms with Gasteiger partial charge in [0.15, 0.2) is 11.5 Å². The zero-order chi connectivity index (χ0) is 17.7. The monoisotopic (exact) mass is 327 g/mol. The SMILES string of the molecule is COc1cc(/C=C(\C#N)C(=O)c2ccoc2C)cc(OC)c1OC. The lowest BCUT2D eigenvalue weighted by atomic mass is 10.0. The van der Waals surface area contributed by atoms with Crippen LogP contribution in [-0.4, -0.2) is 27.1 Å². The third-order valence-corrected chi connectivity index (χ3v) is 3.47. The van der Waals surface area contributed by atoms with E-state index in [1.165, 1.54) is 39.7 Å². The molecule has 2 rings (SSSR count). The van der Waals surface area contributed by atoms with Gasteiger partial charge in [0.1, 0.15) is 17.4 Å². The molecule has 124 valence electrons. The first-order valence-electron chi connectivity index (χ1n) is 7.06. The van der Waals surface area contributed by atoms with Crippen molar-refractivity contribution < 1.29 is 23.4 Å². The van der Waals surface area contributed by atoms with Gasteiger partial charge in [-0.2, -0.15) is 5.26 Å². The van der Waals surface area contributed by atoms with Crippen LogP contribution in [0.2, 0.25) is 0 Å². The van der Waals surface area contributed by atoms with Gasteiger partial charge in [0.05, 0.1) is 33.2 Å². The molecule has 0 N–H and O–H groups in total. The minimum Gasteiger partial charge on any atom is -0.493 e. The first-order valence-corrected chi connectivity index (χ1v) is 7.06. The summed E-state index contributed by atoms with van der Waals surface area (Å²) in [5.74, 6) is 1.37. The van der Waals surface area contributed by atoms with Gasteiger partial charge in [0.25, 0.3) is 0 Å². The molecular weight excluding hydrogens is 310 g/mol. The predicted molar refractivity (Wildman–Crippen MR) is 87.5 cm³/mol. The van der Waals surface area contributed by atoms with E-state index < -0.39 is 5.78 Å². The van der Waals surface area contributed by atoms with Crippen molar-refractivity contribution in [2.75, 3.05) is 21.3 Å². The fourth-order valence-corrected chi connectivity index (χ4v) is 2.27. The largest absolute Gasteiger partial charge is 0.493 e. The predicted octanol–water partition coefficient (Wildman–Crippen LogP) is 3.40. The van der Waals surface area contributed by atoms with Crippen molar-refractivity contribution in [1.29, 1.82) is 5.26 Å². The maximum Gasteiger partial charge on any atom is 0.207 e. The summed E-state index contributed by atoms with van der Waals surface area (Å²) in [6.45, 7) is 1.67. The number of carbonyl (C=O) groups is 1. The van der Waals surface area contributed by atoms with E-state index in [0.29, 0.717) is 34.1 Å². The zero-order valence-electron chi connectivity index (χ0n) is 13.9. The molecule has 0 radical (unpaired) electrons. The molecule has 0 aliphatic heterocycles. The number of carbonyl (C=O) groups excluding carboxylic acids is 1. The number of hydrogen-bond acceptors (Lipinski definition) is 6. The molecule has 0 saturated heterocycles. The van der Waals surface area contributed by atoms with E-state index in [2.05, 4.69) is 0 Å². The standard InChI is InChI=1S/C18H17NO5/c1-11-14(5-6-24-11)17(20)13(10-19)7-12-8-15(21-2)18(23-4)16(9-12)22-3/h5-9H,1-4H3/b13-7+. The molecule has 1 heterocycles. The van der Waals surface area contributed by atoms with Gasteiger partial charge < -0.3 is 18.6 Å². The summed E-state index contributed by atoms with van der Waals surface area (Å²) in [6.07, 6.45) is 2.89. The highest BCUT2D eigenvalue weighted by Gasteiger charge is 2.18. The Labute approximate surface area is 139 Å². The molecule has 6 heteroatoms. The smallest absolute Gasteiger partial charge is 0.207 e. The lowest BCUT2D eigenvalue weighted by Crippen LogP contribution is -2.02. The fraction of sp³-hybridized carbons (Fsp3) is 0.222. The number of furan rings is 1. The van der Waals surface area contributed by atoms with Gasteiger partial charge in [0.2, 0.25) is 11.5 Å². The normalized spacial score (nSPS) is 10.9. The summed E-state index contributed by atoms with van der Waals surface area (Å²) in [5, 5.41) is 9.34. The van der Waals surface area contributed by atoms with Crippen molar-refractivity contribution >= 4 is 11.9 Å². The van der Waals surface area contributed by atoms with E-state index in [0.717, 1.165) is 0 Å². The molecule has 0 spiro atoms. The Morgan fingerprint density at radius 1 is 1.17 bits per heavy atom. The second kappa shape index (κ2) is 7.38. The third-order valence-electron chi connectivity index (χ3n) is 3.47. The Hall–Kier alpha value is -3.20. The second-order valence-electron chi connectivity index (χ2n) is 4.85. The van der Waals surface area contributed by atoms with Gasteiger partial charge in [-0.3, -0.25) is 4.79 Å². The summed E-state index contributed by atoms with van der Waals surface area (Å²) in [4.78, 5) is 12.5.